The van der Waals surface area contributed by atoms with Crippen molar-refractivity contribution in [1.29, 1.82) is 0 Å². The summed E-state index contributed by atoms with van der Waals surface area (Å²) in [5.41, 5.74) is 0. The predicted octanol–water partition coefficient (Wildman–Crippen LogP) is 12.7. The van der Waals surface area contributed by atoms with Crippen LogP contribution in [0.15, 0.2) is 0 Å². The fourth-order valence-electron chi connectivity index (χ4n) is 8.56. The van der Waals surface area contributed by atoms with Crippen molar-refractivity contribution in [2.45, 2.75) is 243 Å². The Bertz CT molecular complexity index is 1030. The lowest BCUT2D eigenvalue weighted by atomic mass is 10.1. The van der Waals surface area contributed by atoms with E-state index >= 15 is 0 Å². The monoisotopic (exact) mass is 987 g/mol. The van der Waals surface area contributed by atoms with E-state index in [1.165, 1.54) is 101 Å². The lowest BCUT2D eigenvalue weighted by Crippen LogP contribution is -2.44. The zero-order chi connectivity index (χ0) is 46.2. The summed E-state index contributed by atoms with van der Waals surface area (Å²) in [5, 5.41) is 18.9. The Morgan fingerprint density at radius 3 is 1.36 bits per heavy atom. The van der Waals surface area contributed by atoms with E-state index in [1.807, 2.05) is 0 Å². The highest BCUT2D eigenvalue weighted by atomic mass is 28.4. The standard InChI is InChI=1S/C45H106O9Si7/c1-14-16-17-18-19-20-21-22-23-27-36-59(11,49-15-2)37-29-25-34-51-60(12,40-31-32-48-44-45(47)43-46)38-30-26-35-52-61(13,42-41-57(7,8)54-56(4,5)6)39-28-24-33-50-58(9,10)53-55-3/h45-47H,14-44,55H2,1-13H3. The van der Waals surface area contributed by atoms with Gasteiger partial charge in [0.15, 0.2) is 41.6 Å². The number of ether oxygens (including phenoxy) is 1. The SMILES string of the molecule is CCCCCCCCCCCC[Si](C)(CCCCO[Si](C)(CCCCO[Si](C)(CCCCO[Si](C)(C)O[SiH2]C)CC[Si](C)(C)O[Si](C)(C)C)CCCOCC(O)CO)OCC. The van der Waals surface area contributed by atoms with Gasteiger partial charge in [-0.3, -0.25) is 0 Å². The molecule has 4 atom stereocenters. The summed E-state index contributed by atoms with van der Waals surface area (Å²) in [5.74, 6) is 0. The van der Waals surface area contributed by atoms with Gasteiger partial charge in [-0.15, -0.1) is 0 Å². The molecular formula is C45H106O9Si7. The summed E-state index contributed by atoms with van der Waals surface area (Å²) in [6.07, 6.45) is 20.6. The molecule has 368 valence electrons. The molecule has 0 aromatic heterocycles. The smallest absolute Gasteiger partial charge is 0.321 e. The average Bonchev–Trinajstić information content (AvgIpc) is 3.16. The van der Waals surface area contributed by atoms with Gasteiger partial charge < -0.3 is 40.9 Å². The second-order valence-corrected chi connectivity index (χ2v) is 47.4. The maximum Gasteiger partial charge on any atom is 0.321 e. The topological polar surface area (TPSA) is 105 Å². The lowest BCUT2D eigenvalue weighted by Gasteiger charge is -2.35. The fourth-order valence-corrected chi connectivity index (χ4v) is 32.3. The van der Waals surface area contributed by atoms with Crippen LogP contribution in [0.25, 0.3) is 0 Å². The van der Waals surface area contributed by atoms with Crippen molar-refractivity contribution in [3.8, 4) is 0 Å². The second-order valence-electron chi connectivity index (χ2n) is 21.0. The number of aliphatic hydroxyl groups excluding tert-OH is 2. The number of unbranched alkanes of at least 4 members (excludes halogenated alkanes) is 12. The van der Waals surface area contributed by atoms with Gasteiger partial charge in [0.1, 0.15) is 15.9 Å². The van der Waals surface area contributed by atoms with Crippen molar-refractivity contribution >= 4 is 59.9 Å². The van der Waals surface area contributed by atoms with Crippen LogP contribution in [-0.2, 0) is 30.7 Å². The Kier molecular flexibility index (Phi) is 36.0. The van der Waals surface area contributed by atoms with Crippen molar-refractivity contribution in [3.05, 3.63) is 0 Å². The van der Waals surface area contributed by atoms with Gasteiger partial charge in [0.2, 0.25) is 0 Å². The first-order chi connectivity index (χ1) is 28.7. The van der Waals surface area contributed by atoms with E-state index in [9.17, 15) is 10.2 Å². The van der Waals surface area contributed by atoms with Gasteiger partial charge in [0, 0.05) is 33.0 Å². The van der Waals surface area contributed by atoms with Gasteiger partial charge in [-0.2, -0.15) is 0 Å². The highest BCUT2D eigenvalue weighted by Crippen LogP contribution is 2.30. The molecule has 0 fully saturated rings. The molecule has 0 saturated carbocycles. The highest BCUT2D eigenvalue weighted by molar-refractivity contribution is 6.85. The number of rotatable bonds is 45. The maximum atomic E-state index is 9.74. The van der Waals surface area contributed by atoms with E-state index in [2.05, 4.69) is 85.9 Å². The van der Waals surface area contributed by atoms with Crippen molar-refractivity contribution in [1.82, 2.24) is 0 Å². The third-order valence-corrected chi connectivity index (χ3v) is 34.6. The van der Waals surface area contributed by atoms with Crippen LogP contribution in [0.3, 0.4) is 0 Å². The molecule has 0 aliphatic rings. The van der Waals surface area contributed by atoms with Crippen LogP contribution in [-0.4, -0.2) is 122 Å². The molecule has 0 amide bonds. The Balaban J connectivity index is 5.22. The third-order valence-electron chi connectivity index (χ3n) is 12.0. The molecule has 0 aliphatic carbocycles. The van der Waals surface area contributed by atoms with E-state index in [4.69, 9.17) is 30.7 Å². The first-order valence-electron chi connectivity index (χ1n) is 25.4. The van der Waals surface area contributed by atoms with Crippen LogP contribution in [0.5, 0.6) is 0 Å². The van der Waals surface area contributed by atoms with Crippen LogP contribution in [0.1, 0.15) is 123 Å². The predicted molar refractivity (Wildman–Crippen MR) is 281 cm³/mol. The van der Waals surface area contributed by atoms with Gasteiger partial charge >= 0.3 is 8.56 Å². The Hall–Kier alpha value is 1.16. The maximum absolute atomic E-state index is 9.74. The van der Waals surface area contributed by atoms with Crippen LogP contribution >= 0.6 is 0 Å². The van der Waals surface area contributed by atoms with Crippen LogP contribution in [0, 0.1) is 0 Å². The highest BCUT2D eigenvalue weighted by Gasteiger charge is 2.36. The van der Waals surface area contributed by atoms with Crippen LogP contribution in [0.4, 0.5) is 0 Å². The van der Waals surface area contributed by atoms with Gasteiger partial charge in [0.05, 0.1) is 13.2 Å². The van der Waals surface area contributed by atoms with Gasteiger partial charge in [-0.1, -0.05) is 96.9 Å². The molecule has 0 heterocycles. The Morgan fingerprint density at radius 2 is 0.902 bits per heavy atom. The molecule has 0 spiro atoms. The molecule has 0 radical (unpaired) electrons. The van der Waals surface area contributed by atoms with E-state index in [0.717, 1.165) is 77.0 Å². The lowest BCUT2D eigenvalue weighted by molar-refractivity contribution is 0.00631. The fraction of sp³-hybridized carbons (Fsp3) is 1.00. The molecule has 0 rings (SSSR count). The van der Waals surface area contributed by atoms with Crippen molar-refractivity contribution in [3.63, 3.8) is 0 Å². The minimum absolute atomic E-state index is 0.183. The summed E-state index contributed by atoms with van der Waals surface area (Å²) in [6, 6.07) is 8.21. The molecule has 0 saturated heterocycles. The number of aliphatic hydroxyl groups is 2. The molecular weight excluding hydrogens is 881 g/mol. The quantitative estimate of drug-likeness (QED) is 0.0456. The average molecular weight is 988 g/mol. The van der Waals surface area contributed by atoms with Crippen LogP contribution in [0.2, 0.25) is 114 Å². The minimum Gasteiger partial charge on any atom is -0.456 e. The Labute approximate surface area is 388 Å². The normalized spacial score (nSPS) is 16.6. The number of hydrogen-bond donors (Lipinski definition) is 2. The van der Waals surface area contributed by atoms with Gasteiger partial charge in [0.25, 0.3) is 0 Å². The largest absolute Gasteiger partial charge is 0.456 e. The summed E-state index contributed by atoms with van der Waals surface area (Å²) >= 11 is 0. The molecule has 61 heavy (non-hydrogen) atoms. The molecule has 0 aromatic carbocycles. The minimum atomic E-state index is -1.99. The van der Waals surface area contributed by atoms with E-state index in [0.29, 0.717) is 6.61 Å². The van der Waals surface area contributed by atoms with Crippen molar-refractivity contribution in [2.24, 2.45) is 0 Å². The molecule has 4 unspecified atom stereocenters. The zero-order valence-electron chi connectivity index (χ0n) is 43.0. The summed E-state index contributed by atoms with van der Waals surface area (Å²) in [7, 11) is -11.4. The van der Waals surface area contributed by atoms with Gasteiger partial charge in [-0.05, 0) is 140 Å². The van der Waals surface area contributed by atoms with E-state index in [-0.39, 0.29) is 13.2 Å². The van der Waals surface area contributed by atoms with Crippen molar-refractivity contribution < 1.29 is 40.9 Å². The third kappa shape index (κ3) is 36.9. The van der Waals surface area contributed by atoms with E-state index in [1.54, 1.807) is 0 Å². The molecule has 2 N–H and O–H groups in total. The number of hydrogen-bond acceptors (Lipinski definition) is 9. The van der Waals surface area contributed by atoms with Crippen molar-refractivity contribution in [2.75, 3.05) is 46.2 Å². The Morgan fingerprint density at radius 1 is 0.475 bits per heavy atom. The van der Waals surface area contributed by atoms with Gasteiger partial charge in [-0.25, -0.2) is 0 Å². The summed E-state index contributed by atoms with van der Waals surface area (Å²) in [6.45, 7) is 33.9. The second kappa shape index (κ2) is 35.3. The van der Waals surface area contributed by atoms with Crippen LogP contribution < -0.4 is 0 Å². The summed E-state index contributed by atoms with van der Waals surface area (Å²) < 4.78 is 45.1. The molecule has 0 aromatic rings. The molecule has 9 nitrogen and oxygen atoms in total. The van der Waals surface area contributed by atoms with E-state index < -0.39 is 66.0 Å². The zero-order valence-corrected chi connectivity index (χ0v) is 50.4. The molecule has 0 aliphatic heterocycles. The molecule has 0 bridgehead atoms. The summed E-state index contributed by atoms with van der Waals surface area (Å²) in [4.78, 5) is 0. The first-order valence-corrected chi connectivity index (χ1v) is 45.2. The molecule has 16 heteroatoms. The first kappa shape index (κ1) is 62.2.